The van der Waals surface area contributed by atoms with Gasteiger partial charge in [0.25, 0.3) is 0 Å². The summed E-state index contributed by atoms with van der Waals surface area (Å²) in [6.07, 6.45) is 2.86. The van der Waals surface area contributed by atoms with Crippen LogP contribution in [0.4, 0.5) is 0 Å². The van der Waals surface area contributed by atoms with Gasteiger partial charge in [-0.05, 0) is 4.64 Å². The minimum atomic E-state index is 0.710. The van der Waals surface area contributed by atoms with Gasteiger partial charge in [-0.15, -0.1) is 0 Å². The quantitative estimate of drug-likeness (QED) is 0.444. The summed E-state index contributed by atoms with van der Waals surface area (Å²) in [6, 6.07) is 0. The van der Waals surface area contributed by atoms with Gasteiger partial charge in [-0.2, -0.15) is 5.17 Å². The van der Waals surface area contributed by atoms with Crippen LogP contribution in [0.25, 0.3) is 0 Å². The minimum Gasteiger partial charge on any atom is -0.291 e. The second kappa shape index (κ2) is 1.57. The predicted molar refractivity (Wildman–Crippen MR) is 23.6 cm³/mol. The van der Waals surface area contributed by atoms with Gasteiger partial charge in [0.1, 0.15) is 0 Å². The first-order valence-corrected chi connectivity index (χ1v) is 2.01. The van der Waals surface area contributed by atoms with Crippen molar-refractivity contribution >= 4 is 11.8 Å². The van der Waals surface area contributed by atoms with E-state index in [2.05, 4.69) is 5.43 Å². The molecule has 0 aromatic heterocycles. The Morgan fingerprint density at radius 3 is 2.57 bits per heavy atom. The van der Waals surface area contributed by atoms with Gasteiger partial charge in [0, 0.05) is 18.0 Å². The Morgan fingerprint density at radius 1 is 1.71 bits per heavy atom. The third-order valence-electron chi connectivity index (χ3n) is 0.569. The fourth-order valence-electron chi connectivity index (χ4n) is 0.279. The molecule has 0 saturated carbocycles. The zero-order chi connectivity index (χ0) is 5.28. The first-order valence-electron chi connectivity index (χ1n) is 1.67. The van der Waals surface area contributed by atoms with E-state index in [1.54, 1.807) is 0 Å². The van der Waals surface area contributed by atoms with E-state index in [4.69, 9.17) is 17.0 Å². The topological polar surface area (TPSA) is 38.7 Å². The van der Waals surface area contributed by atoms with Crippen molar-refractivity contribution in [1.82, 2.24) is 15.2 Å². The molecule has 0 saturated heterocycles. The molecule has 1 aliphatic rings. The van der Waals surface area contributed by atoms with Gasteiger partial charge in [0.15, 0.2) is 0 Å². The zero-order valence-electron chi connectivity index (χ0n) is 3.37. The van der Waals surface area contributed by atoms with Gasteiger partial charge in [0.05, 0.1) is 6.20 Å². The fourth-order valence-corrected chi connectivity index (χ4v) is 0.386. The maximum Gasteiger partial charge on any atom is 0.0667 e. The maximum atomic E-state index is 8.48. The van der Waals surface area contributed by atoms with Crippen LogP contribution in [0, 0.1) is 0 Å². The Hall–Kier alpha value is -0.450. The molecule has 0 fully saturated rings. The Balaban J connectivity index is 2.45. The molecule has 0 aromatic carbocycles. The van der Waals surface area contributed by atoms with Crippen molar-refractivity contribution in [3.8, 4) is 0 Å². The van der Waals surface area contributed by atoms with Gasteiger partial charge in [0.2, 0.25) is 0 Å². The highest BCUT2D eigenvalue weighted by Gasteiger charge is 2.07. The van der Waals surface area contributed by atoms with E-state index in [1.165, 1.54) is 12.4 Å². The zero-order valence-corrected chi connectivity index (χ0v) is 4.13. The summed E-state index contributed by atoms with van der Waals surface area (Å²) in [4.78, 5) is 0. The van der Waals surface area contributed by atoms with Crippen LogP contribution >= 0.6 is 11.8 Å². The van der Waals surface area contributed by atoms with Crippen molar-refractivity contribution < 1.29 is 5.21 Å². The molecule has 4 nitrogen and oxygen atoms in total. The summed E-state index contributed by atoms with van der Waals surface area (Å²) in [5.41, 5.74) is 2.46. The van der Waals surface area contributed by atoms with Crippen LogP contribution in [0.2, 0.25) is 0 Å². The van der Waals surface area contributed by atoms with E-state index in [0.717, 1.165) is 4.64 Å². The lowest BCUT2D eigenvalue weighted by molar-refractivity contribution is -0.161. The molecule has 5 heteroatoms. The van der Waals surface area contributed by atoms with Gasteiger partial charge in [-0.25, -0.2) is 0 Å². The molecule has 40 valence electrons. The van der Waals surface area contributed by atoms with Gasteiger partial charge in [-0.3, -0.25) is 10.6 Å². The number of halogens is 1. The van der Waals surface area contributed by atoms with E-state index in [1.807, 2.05) is 0 Å². The molecule has 0 spiro atoms. The first kappa shape index (κ1) is 4.70. The van der Waals surface area contributed by atoms with Gasteiger partial charge in [-0.1, -0.05) is 0 Å². The normalized spacial score (nSPS) is 20.6. The van der Waals surface area contributed by atoms with E-state index >= 15 is 0 Å². The van der Waals surface area contributed by atoms with Gasteiger partial charge < -0.3 is 0 Å². The third kappa shape index (κ3) is 0.767. The number of hydrazine groups is 2. The number of rotatable bonds is 0. The van der Waals surface area contributed by atoms with E-state index < -0.39 is 0 Å². The summed E-state index contributed by atoms with van der Waals surface area (Å²) in [7, 11) is 0. The SMILES string of the molecule is ON1C=CNN1Cl. The van der Waals surface area contributed by atoms with Crippen LogP contribution in [-0.4, -0.2) is 15.0 Å². The molecule has 1 heterocycles. The van der Waals surface area contributed by atoms with Crippen LogP contribution in [0.1, 0.15) is 0 Å². The molecule has 0 atom stereocenters. The average molecular weight is 122 g/mol. The van der Waals surface area contributed by atoms with E-state index in [0.29, 0.717) is 5.17 Å². The number of nitrogens with one attached hydrogen (secondary N) is 1. The fraction of sp³-hybridized carbons (Fsp3) is 0. The molecule has 0 radical (unpaired) electrons. The standard InChI is InChI=1S/C2H4ClN3O/c3-6-4-1-2-5(6)7/h1-2,4,7H. The van der Waals surface area contributed by atoms with Gasteiger partial charge >= 0.3 is 0 Å². The summed E-state index contributed by atoms with van der Waals surface area (Å²) in [6.45, 7) is 0. The summed E-state index contributed by atoms with van der Waals surface area (Å²) in [5, 5.41) is 9.19. The Kier molecular flexibility index (Phi) is 1.06. The summed E-state index contributed by atoms with van der Waals surface area (Å²) < 4.78 is 0.903. The molecule has 0 aromatic rings. The molecule has 2 N–H and O–H groups in total. The van der Waals surface area contributed by atoms with Crippen LogP contribution in [0.5, 0.6) is 0 Å². The molecule has 1 rings (SSSR count). The van der Waals surface area contributed by atoms with Crippen molar-refractivity contribution in [2.75, 3.05) is 0 Å². The summed E-state index contributed by atoms with van der Waals surface area (Å²) >= 11 is 5.20. The second-order valence-electron chi connectivity index (χ2n) is 1.03. The largest absolute Gasteiger partial charge is 0.291 e. The molecule has 0 bridgehead atoms. The van der Waals surface area contributed by atoms with Crippen LogP contribution in [-0.2, 0) is 0 Å². The van der Waals surface area contributed by atoms with E-state index in [-0.39, 0.29) is 0 Å². The highest BCUT2D eigenvalue weighted by Crippen LogP contribution is 1.99. The molecule has 0 aliphatic carbocycles. The highest BCUT2D eigenvalue weighted by molar-refractivity contribution is 6.12. The smallest absolute Gasteiger partial charge is 0.0667 e. The lowest BCUT2D eigenvalue weighted by Gasteiger charge is -2.11. The molecule has 1 aliphatic heterocycles. The number of nitrogens with zero attached hydrogens (tertiary/aromatic N) is 2. The lowest BCUT2D eigenvalue weighted by Crippen LogP contribution is -2.30. The first-order chi connectivity index (χ1) is 3.30. The third-order valence-corrected chi connectivity index (χ3v) is 0.821. The van der Waals surface area contributed by atoms with Crippen LogP contribution in [0.3, 0.4) is 0 Å². The Morgan fingerprint density at radius 2 is 2.43 bits per heavy atom. The lowest BCUT2D eigenvalue weighted by atomic mass is 11.0. The number of hydroxylamine groups is 1. The van der Waals surface area contributed by atoms with Crippen LogP contribution in [0.15, 0.2) is 12.4 Å². The molecular formula is C2H4ClN3O. The minimum absolute atomic E-state index is 0.710. The molecular weight excluding hydrogens is 117 g/mol. The van der Waals surface area contributed by atoms with Crippen molar-refractivity contribution in [2.45, 2.75) is 0 Å². The summed E-state index contributed by atoms with van der Waals surface area (Å²) in [5.74, 6) is 0. The van der Waals surface area contributed by atoms with E-state index in [9.17, 15) is 0 Å². The number of hydrogen-bond acceptors (Lipinski definition) is 4. The van der Waals surface area contributed by atoms with Crippen molar-refractivity contribution in [3.05, 3.63) is 12.4 Å². The van der Waals surface area contributed by atoms with Crippen molar-refractivity contribution in [1.29, 1.82) is 0 Å². The Labute approximate surface area is 45.6 Å². The average Bonchev–Trinajstić information content (AvgIpc) is 1.91. The molecule has 0 amide bonds. The highest BCUT2D eigenvalue weighted by atomic mass is 35.5. The molecule has 7 heavy (non-hydrogen) atoms. The monoisotopic (exact) mass is 121 g/mol. The predicted octanol–water partition coefficient (Wildman–Crippen LogP) is 0.0378. The number of hydrogen-bond donors (Lipinski definition) is 2. The maximum absolute atomic E-state index is 8.48. The second-order valence-corrected chi connectivity index (χ2v) is 1.35. The Bertz CT molecular complexity index is 94.9. The molecule has 0 unspecified atom stereocenters. The van der Waals surface area contributed by atoms with Crippen molar-refractivity contribution in [3.63, 3.8) is 0 Å². The van der Waals surface area contributed by atoms with Crippen molar-refractivity contribution in [2.24, 2.45) is 0 Å². The van der Waals surface area contributed by atoms with Crippen LogP contribution < -0.4 is 5.43 Å².